The number of nitrogens with one attached hydrogen (secondary N) is 1. The largest absolute Gasteiger partial charge is 0.486 e. The van der Waals surface area contributed by atoms with E-state index in [1.807, 2.05) is 36.5 Å². The summed E-state index contributed by atoms with van der Waals surface area (Å²) in [6, 6.07) is 11.3. The molecule has 0 amide bonds. The van der Waals surface area contributed by atoms with Crippen molar-refractivity contribution < 1.29 is 19.2 Å². The van der Waals surface area contributed by atoms with E-state index in [9.17, 15) is 14.9 Å². The van der Waals surface area contributed by atoms with E-state index in [2.05, 4.69) is 4.98 Å². The molecule has 0 radical (unpaired) electrons. The molecular weight excluding hydrogens is 396 g/mol. The maximum Gasteiger partial charge on any atom is 0.311 e. The minimum Gasteiger partial charge on any atom is -0.486 e. The zero-order valence-corrected chi connectivity index (χ0v) is 17.6. The molecule has 0 bridgehead atoms. The first-order valence-electron chi connectivity index (χ1n) is 10.6. The number of hydrogen-bond acceptors (Lipinski definition) is 5. The first-order chi connectivity index (χ1) is 15.0. The van der Waals surface area contributed by atoms with E-state index >= 15 is 0 Å². The number of ether oxygens (including phenoxy) is 2. The number of nitrogens with zero attached hydrogens (tertiary/aromatic N) is 1. The van der Waals surface area contributed by atoms with Crippen LogP contribution in [0, 0.1) is 16.0 Å². The molecule has 1 aliphatic rings. The Morgan fingerprint density at radius 1 is 1.19 bits per heavy atom. The fourth-order valence-corrected chi connectivity index (χ4v) is 4.27. The molecule has 7 nitrogen and oxygen atoms in total. The lowest BCUT2D eigenvalue weighted by atomic mass is 9.97. The Balaban J connectivity index is 1.77. The van der Waals surface area contributed by atoms with Crippen LogP contribution in [-0.2, 0) is 16.0 Å². The van der Waals surface area contributed by atoms with E-state index in [0.717, 1.165) is 29.3 Å². The fraction of sp³-hybridized carbons (Fsp3) is 0.375. The van der Waals surface area contributed by atoms with Gasteiger partial charge in [0.2, 0.25) is 5.75 Å². The number of carbonyl (C=O) groups excluding carboxylic acids is 1. The van der Waals surface area contributed by atoms with Crippen molar-refractivity contribution >= 4 is 22.6 Å². The van der Waals surface area contributed by atoms with Gasteiger partial charge in [-0.25, -0.2) is 0 Å². The minimum absolute atomic E-state index is 0.0653. The van der Waals surface area contributed by atoms with Gasteiger partial charge in [0, 0.05) is 29.8 Å². The lowest BCUT2D eigenvalue weighted by Gasteiger charge is -2.16. The summed E-state index contributed by atoms with van der Waals surface area (Å²) >= 11 is 0. The van der Waals surface area contributed by atoms with Crippen LogP contribution in [0.25, 0.3) is 22.0 Å². The summed E-state index contributed by atoms with van der Waals surface area (Å²) in [6.07, 6.45) is 6.92. The maximum absolute atomic E-state index is 11.9. The van der Waals surface area contributed by atoms with Crippen molar-refractivity contribution in [1.29, 1.82) is 0 Å². The predicted molar refractivity (Wildman–Crippen MR) is 118 cm³/mol. The molecular formula is C24H26N2O5. The number of fused-ring (bicyclic) bond motifs is 1. The van der Waals surface area contributed by atoms with Crippen LogP contribution in [0.5, 0.6) is 5.75 Å². The normalized spacial score (nSPS) is 14.1. The number of H-pyrrole nitrogens is 1. The highest BCUT2D eigenvalue weighted by molar-refractivity contribution is 5.87. The van der Waals surface area contributed by atoms with Crippen molar-refractivity contribution in [2.24, 2.45) is 5.92 Å². The molecule has 1 N–H and O–H groups in total. The van der Waals surface area contributed by atoms with Crippen LogP contribution in [0.4, 0.5) is 5.69 Å². The van der Waals surface area contributed by atoms with Gasteiger partial charge in [0.25, 0.3) is 0 Å². The molecule has 162 valence electrons. The van der Waals surface area contributed by atoms with Crippen LogP contribution in [0.1, 0.15) is 37.7 Å². The third-order valence-corrected chi connectivity index (χ3v) is 5.97. The average molecular weight is 422 g/mol. The number of aromatic amines is 1. The topological polar surface area (TPSA) is 94.5 Å². The number of aryl methyl sites for hydroxylation is 1. The third-order valence-electron chi connectivity index (χ3n) is 5.97. The summed E-state index contributed by atoms with van der Waals surface area (Å²) in [5, 5.41) is 13.0. The summed E-state index contributed by atoms with van der Waals surface area (Å²) in [4.78, 5) is 26.3. The highest BCUT2D eigenvalue weighted by atomic mass is 16.6. The van der Waals surface area contributed by atoms with Crippen LogP contribution >= 0.6 is 0 Å². The Morgan fingerprint density at radius 3 is 2.74 bits per heavy atom. The van der Waals surface area contributed by atoms with Gasteiger partial charge in [-0.3, -0.25) is 14.9 Å². The first-order valence-corrected chi connectivity index (χ1v) is 10.6. The SMILES string of the molecule is COC(=O)CCc1cc(-c2ccc3[nH]ccc3c2)c(OCC2CCCC2)c([N+](=O)[O-])c1. The molecule has 3 aromatic rings. The molecule has 0 unspecified atom stereocenters. The number of aromatic nitrogens is 1. The molecule has 0 saturated heterocycles. The Bertz CT molecular complexity index is 1100. The second-order valence-corrected chi connectivity index (χ2v) is 8.07. The molecule has 1 saturated carbocycles. The van der Waals surface area contributed by atoms with Gasteiger partial charge in [-0.2, -0.15) is 0 Å². The van der Waals surface area contributed by atoms with Crippen LogP contribution in [0.2, 0.25) is 0 Å². The van der Waals surface area contributed by atoms with Crippen molar-refractivity contribution in [3.8, 4) is 16.9 Å². The van der Waals surface area contributed by atoms with E-state index in [1.54, 1.807) is 0 Å². The van der Waals surface area contributed by atoms with Gasteiger partial charge in [-0.1, -0.05) is 18.9 Å². The monoisotopic (exact) mass is 422 g/mol. The van der Waals surface area contributed by atoms with E-state index < -0.39 is 4.92 Å². The van der Waals surface area contributed by atoms with E-state index in [1.165, 1.54) is 26.0 Å². The molecule has 0 spiro atoms. The van der Waals surface area contributed by atoms with Crippen LogP contribution in [0.15, 0.2) is 42.6 Å². The van der Waals surface area contributed by atoms with Crippen LogP contribution < -0.4 is 4.74 Å². The molecule has 1 fully saturated rings. The summed E-state index contributed by atoms with van der Waals surface area (Å²) in [6.45, 7) is 0.474. The summed E-state index contributed by atoms with van der Waals surface area (Å²) in [5.41, 5.74) is 3.15. The molecule has 0 atom stereocenters. The minimum atomic E-state index is -0.399. The summed E-state index contributed by atoms with van der Waals surface area (Å²) in [7, 11) is 1.34. The van der Waals surface area contributed by atoms with Gasteiger partial charge in [0.15, 0.2) is 0 Å². The summed E-state index contributed by atoms with van der Waals surface area (Å²) in [5.74, 6) is 0.381. The Hall–Kier alpha value is -3.35. The molecule has 1 aromatic heterocycles. The highest BCUT2D eigenvalue weighted by Crippen LogP contribution is 2.41. The van der Waals surface area contributed by atoms with Crippen LogP contribution in [-0.4, -0.2) is 29.6 Å². The van der Waals surface area contributed by atoms with Crippen molar-refractivity contribution in [3.05, 3.63) is 58.3 Å². The lowest BCUT2D eigenvalue weighted by Crippen LogP contribution is -2.10. The Morgan fingerprint density at radius 2 is 2.00 bits per heavy atom. The van der Waals surface area contributed by atoms with Gasteiger partial charge in [0.05, 0.1) is 18.6 Å². The van der Waals surface area contributed by atoms with Crippen molar-refractivity contribution in [1.82, 2.24) is 4.98 Å². The second kappa shape index (κ2) is 9.20. The molecule has 1 heterocycles. The van der Waals surface area contributed by atoms with E-state index in [4.69, 9.17) is 9.47 Å². The number of rotatable bonds is 8. The van der Waals surface area contributed by atoms with Crippen molar-refractivity contribution in [2.75, 3.05) is 13.7 Å². The Kier molecular flexibility index (Phi) is 6.21. The van der Waals surface area contributed by atoms with Gasteiger partial charge >= 0.3 is 11.7 Å². The standard InChI is InChI=1S/C24H26N2O5/c1-30-23(27)9-6-17-12-20(18-7-8-21-19(14-18)10-11-25-21)24(22(13-17)26(28)29)31-15-16-4-2-3-5-16/h7-8,10-14,16,25H,2-6,9,15H2,1H3. The van der Waals surface area contributed by atoms with Crippen molar-refractivity contribution in [3.63, 3.8) is 0 Å². The average Bonchev–Trinajstić information content (AvgIpc) is 3.46. The number of hydrogen-bond donors (Lipinski definition) is 1. The number of benzene rings is 2. The van der Waals surface area contributed by atoms with E-state index in [-0.39, 0.29) is 18.1 Å². The summed E-state index contributed by atoms with van der Waals surface area (Å²) < 4.78 is 10.8. The molecule has 7 heteroatoms. The molecule has 0 aliphatic heterocycles. The van der Waals surface area contributed by atoms with Gasteiger partial charge < -0.3 is 14.5 Å². The number of nitro groups is 1. The number of nitro benzene ring substituents is 1. The molecule has 31 heavy (non-hydrogen) atoms. The van der Waals surface area contributed by atoms with Gasteiger partial charge in [0.1, 0.15) is 0 Å². The smallest absolute Gasteiger partial charge is 0.311 e. The van der Waals surface area contributed by atoms with E-state index in [0.29, 0.717) is 35.8 Å². The second-order valence-electron chi connectivity index (χ2n) is 8.07. The number of methoxy groups -OCH3 is 1. The zero-order valence-electron chi connectivity index (χ0n) is 17.6. The molecule has 4 rings (SSSR count). The van der Waals surface area contributed by atoms with Crippen molar-refractivity contribution in [2.45, 2.75) is 38.5 Å². The Labute approximate surface area is 180 Å². The predicted octanol–water partition coefficient (Wildman–Crippen LogP) is 5.42. The quantitative estimate of drug-likeness (QED) is 0.297. The highest BCUT2D eigenvalue weighted by Gasteiger charge is 2.25. The van der Waals surface area contributed by atoms with Crippen LogP contribution in [0.3, 0.4) is 0 Å². The molecule has 1 aliphatic carbocycles. The van der Waals surface area contributed by atoms with Gasteiger partial charge in [-0.15, -0.1) is 0 Å². The number of carbonyl (C=O) groups is 1. The zero-order chi connectivity index (χ0) is 21.8. The number of esters is 1. The lowest BCUT2D eigenvalue weighted by molar-refractivity contribution is -0.385. The fourth-order valence-electron chi connectivity index (χ4n) is 4.27. The molecule has 2 aromatic carbocycles. The third kappa shape index (κ3) is 4.71. The first kappa shape index (κ1) is 20.9. The maximum atomic E-state index is 11.9. The van der Waals surface area contributed by atoms with Gasteiger partial charge in [-0.05, 0) is 66.0 Å².